The molecule has 1 aromatic carbocycles. The lowest BCUT2D eigenvalue weighted by atomic mass is 9.76. The molecule has 2 nitrogen and oxygen atoms in total. The van der Waals surface area contributed by atoms with Crippen molar-refractivity contribution in [3.8, 4) is 0 Å². The summed E-state index contributed by atoms with van der Waals surface area (Å²) in [4.78, 5) is 2.56. The van der Waals surface area contributed by atoms with Gasteiger partial charge >= 0.3 is 0 Å². The summed E-state index contributed by atoms with van der Waals surface area (Å²) in [5.41, 5.74) is 1.52. The Morgan fingerprint density at radius 1 is 1.09 bits per heavy atom. The maximum Gasteiger partial charge on any atom is 0.0723 e. The molecule has 1 aliphatic carbocycles. The zero-order valence-corrected chi connectivity index (χ0v) is 14.1. The molecule has 0 atom stereocenters. The van der Waals surface area contributed by atoms with Crippen LogP contribution in [0.2, 0.25) is 0 Å². The van der Waals surface area contributed by atoms with E-state index in [2.05, 4.69) is 42.2 Å². The fourth-order valence-corrected chi connectivity index (χ4v) is 4.03. The highest BCUT2D eigenvalue weighted by Crippen LogP contribution is 2.37. The van der Waals surface area contributed by atoms with Gasteiger partial charge in [0.15, 0.2) is 0 Å². The van der Waals surface area contributed by atoms with Crippen LogP contribution in [0, 0.1) is 5.92 Å². The third kappa shape index (κ3) is 4.33. The molecule has 1 heterocycles. The molecule has 0 aromatic heterocycles. The average molecular weight is 301 g/mol. The molecule has 0 N–H and O–H groups in total. The Morgan fingerprint density at radius 3 is 2.45 bits per heavy atom. The summed E-state index contributed by atoms with van der Waals surface area (Å²) in [6, 6.07) is 10.9. The van der Waals surface area contributed by atoms with Crippen LogP contribution in [-0.2, 0) is 11.2 Å². The van der Waals surface area contributed by atoms with Gasteiger partial charge < -0.3 is 9.64 Å². The molecule has 1 saturated carbocycles. The first kappa shape index (κ1) is 16.0. The first-order chi connectivity index (χ1) is 10.8. The van der Waals surface area contributed by atoms with Crippen molar-refractivity contribution in [3.63, 3.8) is 0 Å². The zero-order valence-electron chi connectivity index (χ0n) is 14.1. The lowest BCUT2D eigenvalue weighted by Gasteiger charge is -2.40. The van der Waals surface area contributed by atoms with Crippen LogP contribution in [0.25, 0.3) is 0 Å². The van der Waals surface area contributed by atoms with Gasteiger partial charge in [0.1, 0.15) is 0 Å². The van der Waals surface area contributed by atoms with E-state index in [1.54, 1.807) is 0 Å². The third-order valence-corrected chi connectivity index (χ3v) is 5.57. The molecular formula is C20H31NO. The standard InChI is InChI=1S/C20H31NO/c1-18-9-11-20(12-10-18,17-19-7-3-2-4-8-19)22-16-15-21-13-5-6-14-21/h2-4,7-8,18H,5-6,9-17H2,1H3. The monoisotopic (exact) mass is 301 g/mol. The summed E-state index contributed by atoms with van der Waals surface area (Å²) >= 11 is 0. The Hall–Kier alpha value is -0.860. The van der Waals surface area contributed by atoms with E-state index in [4.69, 9.17) is 4.74 Å². The Balaban J connectivity index is 1.58. The van der Waals surface area contributed by atoms with Gasteiger partial charge in [0, 0.05) is 13.0 Å². The van der Waals surface area contributed by atoms with E-state index < -0.39 is 0 Å². The first-order valence-corrected chi connectivity index (χ1v) is 9.16. The third-order valence-electron chi connectivity index (χ3n) is 5.57. The van der Waals surface area contributed by atoms with Crippen molar-refractivity contribution in [2.24, 2.45) is 5.92 Å². The smallest absolute Gasteiger partial charge is 0.0723 e. The minimum atomic E-state index is 0.0909. The van der Waals surface area contributed by atoms with Crippen molar-refractivity contribution in [2.45, 2.75) is 57.5 Å². The van der Waals surface area contributed by atoms with E-state index in [0.29, 0.717) is 0 Å². The van der Waals surface area contributed by atoms with Crippen molar-refractivity contribution in [1.82, 2.24) is 4.90 Å². The van der Waals surface area contributed by atoms with Crippen LogP contribution in [0.4, 0.5) is 0 Å². The van der Waals surface area contributed by atoms with Crippen molar-refractivity contribution in [3.05, 3.63) is 35.9 Å². The van der Waals surface area contributed by atoms with Crippen LogP contribution in [0.3, 0.4) is 0 Å². The Bertz CT molecular complexity index is 430. The molecule has 0 radical (unpaired) electrons. The van der Waals surface area contributed by atoms with Gasteiger partial charge in [0.05, 0.1) is 12.2 Å². The maximum absolute atomic E-state index is 6.54. The van der Waals surface area contributed by atoms with Crippen LogP contribution in [0.15, 0.2) is 30.3 Å². The molecule has 0 amide bonds. The molecule has 122 valence electrons. The molecular weight excluding hydrogens is 270 g/mol. The molecule has 2 aliphatic rings. The van der Waals surface area contributed by atoms with Gasteiger partial charge in [-0.25, -0.2) is 0 Å². The highest BCUT2D eigenvalue weighted by atomic mass is 16.5. The normalized spacial score (nSPS) is 29.8. The maximum atomic E-state index is 6.54. The topological polar surface area (TPSA) is 12.5 Å². The zero-order chi connectivity index (χ0) is 15.3. The summed E-state index contributed by atoms with van der Waals surface area (Å²) < 4.78 is 6.54. The fraction of sp³-hybridized carbons (Fsp3) is 0.700. The van der Waals surface area contributed by atoms with E-state index >= 15 is 0 Å². The molecule has 2 heteroatoms. The van der Waals surface area contributed by atoms with Gasteiger partial charge in [0.2, 0.25) is 0 Å². The van der Waals surface area contributed by atoms with E-state index in [9.17, 15) is 0 Å². The second-order valence-electron chi connectivity index (χ2n) is 7.43. The predicted octanol–water partition coefficient (Wildman–Crippen LogP) is 4.29. The van der Waals surface area contributed by atoms with Crippen LogP contribution < -0.4 is 0 Å². The van der Waals surface area contributed by atoms with Gasteiger partial charge in [-0.05, 0) is 63.1 Å². The highest BCUT2D eigenvalue weighted by molar-refractivity contribution is 5.17. The van der Waals surface area contributed by atoms with E-state index in [-0.39, 0.29) is 5.60 Å². The van der Waals surface area contributed by atoms with E-state index in [1.807, 2.05) is 0 Å². The van der Waals surface area contributed by atoms with Crippen LogP contribution in [0.1, 0.15) is 51.0 Å². The van der Waals surface area contributed by atoms with Gasteiger partial charge in [-0.15, -0.1) is 0 Å². The highest BCUT2D eigenvalue weighted by Gasteiger charge is 2.35. The van der Waals surface area contributed by atoms with Gasteiger partial charge in [-0.2, -0.15) is 0 Å². The lowest BCUT2D eigenvalue weighted by molar-refractivity contribution is -0.0806. The van der Waals surface area contributed by atoms with E-state index in [0.717, 1.165) is 25.5 Å². The average Bonchev–Trinajstić information content (AvgIpc) is 3.05. The summed E-state index contributed by atoms with van der Waals surface area (Å²) in [6.07, 6.45) is 8.90. The molecule has 1 aromatic rings. The van der Waals surface area contributed by atoms with Gasteiger partial charge in [-0.3, -0.25) is 0 Å². The number of hydrogen-bond donors (Lipinski definition) is 0. The Morgan fingerprint density at radius 2 is 1.77 bits per heavy atom. The summed E-state index contributed by atoms with van der Waals surface area (Å²) in [7, 11) is 0. The number of likely N-dealkylation sites (tertiary alicyclic amines) is 1. The molecule has 22 heavy (non-hydrogen) atoms. The van der Waals surface area contributed by atoms with Crippen molar-refractivity contribution in [1.29, 1.82) is 0 Å². The SMILES string of the molecule is CC1CCC(Cc2ccccc2)(OCCN2CCCC2)CC1. The fourth-order valence-electron chi connectivity index (χ4n) is 4.03. The summed E-state index contributed by atoms with van der Waals surface area (Å²) in [5, 5.41) is 0. The van der Waals surface area contributed by atoms with Crippen LogP contribution in [-0.4, -0.2) is 36.7 Å². The molecule has 3 rings (SSSR count). The lowest BCUT2D eigenvalue weighted by Crippen LogP contribution is -2.41. The minimum Gasteiger partial charge on any atom is -0.373 e. The second-order valence-corrected chi connectivity index (χ2v) is 7.43. The minimum absolute atomic E-state index is 0.0909. The van der Waals surface area contributed by atoms with Crippen molar-refractivity contribution in [2.75, 3.05) is 26.2 Å². The summed E-state index contributed by atoms with van der Waals surface area (Å²) in [5.74, 6) is 0.867. The van der Waals surface area contributed by atoms with Gasteiger partial charge in [0.25, 0.3) is 0 Å². The number of ether oxygens (including phenoxy) is 1. The summed E-state index contributed by atoms with van der Waals surface area (Å²) in [6.45, 7) is 6.95. The molecule has 0 bridgehead atoms. The number of nitrogens with zero attached hydrogens (tertiary/aromatic N) is 1. The molecule has 2 fully saturated rings. The number of hydrogen-bond acceptors (Lipinski definition) is 2. The molecule has 1 saturated heterocycles. The largest absolute Gasteiger partial charge is 0.373 e. The Kier molecular flexibility index (Phi) is 5.54. The molecule has 1 aliphatic heterocycles. The predicted molar refractivity (Wildman–Crippen MR) is 92.1 cm³/mol. The molecule has 0 unspecified atom stereocenters. The number of benzene rings is 1. The quantitative estimate of drug-likeness (QED) is 0.777. The molecule has 0 spiro atoms. The van der Waals surface area contributed by atoms with Crippen molar-refractivity contribution < 1.29 is 4.74 Å². The second kappa shape index (κ2) is 7.61. The van der Waals surface area contributed by atoms with Gasteiger partial charge in [-0.1, -0.05) is 37.3 Å². The van der Waals surface area contributed by atoms with Crippen molar-refractivity contribution >= 4 is 0 Å². The number of rotatable bonds is 6. The van der Waals surface area contributed by atoms with Crippen LogP contribution >= 0.6 is 0 Å². The van der Waals surface area contributed by atoms with Crippen LogP contribution in [0.5, 0.6) is 0 Å². The Labute approximate surface area is 135 Å². The first-order valence-electron chi connectivity index (χ1n) is 9.16. The van der Waals surface area contributed by atoms with E-state index in [1.165, 1.54) is 57.2 Å².